The van der Waals surface area contributed by atoms with Crippen LogP contribution >= 0.6 is 0 Å². The van der Waals surface area contributed by atoms with Crippen molar-refractivity contribution in [3.05, 3.63) is 65.8 Å². The Hall–Kier alpha value is -3.22. The molecule has 1 fully saturated rings. The molecule has 1 aromatic heterocycles. The molecule has 0 bridgehead atoms. The Labute approximate surface area is 162 Å². The fraction of sp³-hybridized carbons (Fsp3) is 0.286. The lowest BCUT2D eigenvalue weighted by Gasteiger charge is -2.31. The number of amides is 2. The van der Waals surface area contributed by atoms with Crippen molar-refractivity contribution >= 4 is 11.7 Å². The average Bonchev–Trinajstić information content (AvgIpc) is 3.19. The van der Waals surface area contributed by atoms with Gasteiger partial charge in [0, 0.05) is 24.3 Å². The maximum atomic E-state index is 13.1. The molecule has 1 saturated heterocycles. The van der Waals surface area contributed by atoms with Crippen molar-refractivity contribution in [2.75, 3.05) is 18.4 Å². The summed E-state index contributed by atoms with van der Waals surface area (Å²) in [6, 6.07) is 13.5. The molecule has 6 nitrogen and oxygen atoms in total. The van der Waals surface area contributed by atoms with Gasteiger partial charge in [0.15, 0.2) is 0 Å². The first-order chi connectivity index (χ1) is 13.6. The van der Waals surface area contributed by atoms with Gasteiger partial charge in [-0.05, 0) is 61.7 Å². The highest BCUT2D eigenvalue weighted by molar-refractivity contribution is 5.89. The summed E-state index contributed by atoms with van der Waals surface area (Å²) in [5.74, 6) is 0.609. The molecule has 1 aliphatic heterocycles. The van der Waals surface area contributed by atoms with Gasteiger partial charge in [0.2, 0.25) is 11.7 Å². The third-order valence-electron chi connectivity index (χ3n) is 4.87. The number of piperidine rings is 1. The first-order valence-corrected chi connectivity index (χ1v) is 9.30. The number of nitrogens with one attached hydrogen (secondary N) is 1. The van der Waals surface area contributed by atoms with E-state index in [9.17, 15) is 9.18 Å². The van der Waals surface area contributed by atoms with E-state index in [2.05, 4.69) is 15.5 Å². The standard InChI is InChI=1S/C21H21FN4O2/c1-14-4-2-6-18(12-14)23-21(27)26-11-3-5-16(13-26)20-24-19(25-28-20)15-7-9-17(22)10-8-15/h2,4,6-10,12,16H,3,5,11,13H2,1H3,(H,23,27). The number of hydrogen-bond acceptors (Lipinski definition) is 4. The van der Waals surface area contributed by atoms with E-state index in [0.717, 1.165) is 24.1 Å². The van der Waals surface area contributed by atoms with Crippen molar-refractivity contribution < 1.29 is 13.7 Å². The predicted octanol–water partition coefficient (Wildman–Crippen LogP) is 4.60. The minimum absolute atomic E-state index is 0.0151. The van der Waals surface area contributed by atoms with E-state index in [1.54, 1.807) is 17.0 Å². The minimum Gasteiger partial charge on any atom is -0.339 e. The summed E-state index contributed by atoms with van der Waals surface area (Å²) in [7, 11) is 0. The summed E-state index contributed by atoms with van der Waals surface area (Å²) in [6.07, 6.45) is 1.74. The normalized spacial score (nSPS) is 16.8. The molecule has 2 aromatic carbocycles. The Morgan fingerprint density at radius 2 is 2.07 bits per heavy atom. The molecule has 1 unspecified atom stereocenters. The van der Waals surface area contributed by atoms with Crippen LogP contribution in [0.25, 0.3) is 11.4 Å². The summed E-state index contributed by atoms with van der Waals surface area (Å²) in [5.41, 5.74) is 2.57. The highest BCUT2D eigenvalue weighted by atomic mass is 19.1. The Bertz CT molecular complexity index is 971. The number of halogens is 1. The SMILES string of the molecule is Cc1cccc(NC(=O)N2CCCC(c3nc(-c4ccc(F)cc4)no3)C2)c1. The molecule has 2 amide bonds. The topological polar surface area (TPSA) is 71.3 Å². The number of carbonyl (C=O) groups excluding carboxylic acids is 1. The summed E-state index contributed by atoms with van der Waals surface area (Å²) in [6.45, 7) is 3.19. The first-order valence-electron chi connectivity index (χ1n) is 9.30. The highest BCUT2D eigenvalue weighted by Gasteiger charge is 2.28. The van der Waals surface area contributed by atoms with Crippen LogP contribution in [0.1, 0.15) is 30.2 Å². The number of carbonyl (C=O) groups is 1. The first kappa shape index (κ1) is 18.2. The lowest BCUT2D eigenvalue weighted by atomic mass is 9.98. The van der Waals surface area contributed by atoms with Crippen molar-refractivity contribution in [1.29, 1.82) is 0 Å². The van der Waals surface area contributed by atoms with E-state index in [0.29, 0.717) is 30.4 Å². The number of benzene rings is 2. The van der Waals surface area contributed by atoms with Crippen molar-refractivity contribution in [1.82, 2.24) is 15.0 Å². The number of aryl methyl sites for hydroxylation is 1. The van der Waals surface area contributed by atoms with Gasteiger partial charge in [0.05, 0.1) is 5.92 Å². The van der Waals surface area contributed by atoms with Crippen molar-refractivity contribution in [3.8, 4) is 11.4 Å². The molecule has 7 heteroatoms. The van der Waals surface area contributed by atoms with E-state index >= 15 is 0 Å². The second-order valence-corrected chi connectivity index (χ2v) is 7.05. The quantitative estimate of drug-likeness (QED) is 0.721. The molecule has 28 heavy (non-hydrogen) atoms. The fourth-order valence-electron chi connectivity index (χ4n) is 3.41. The van der Waals surface area contributed by atoms with Crippen LogP contribution in [0.4, 0.5) is 14.9 Å². The van der Waals surface area contributed by atoms with Gasteiger partial charge in [0.25, 0.3) is 0 Å². The van der Waals surface area contributed by atoms with E-state index < -0.39 is 0 Å². The van der Waals surface area contributed by atoms with Gasteiger partial charge in [-0.2, -0.15) is 4.98 Å². The van der Waals surface area contributed by atoms with Crippen LogP contribution in [0.3, 0.4) is 0 Å². The van der Waals surface area contributed by atoms with Crippen molar-refractivity contribution in [2.24, 2.45) is 0 Å². The summed E-state index contributed by atoms with van der Waals surface area (Å²) in [5, 5.41) is 6.96. The van der Waals surface area contributed by atoms with E-state index in [-0.39, 0.29) is 17.8 Å². The molecule has 4 rings (SSSR count). The summed E-state index contributed by atoms with van der Waals surface area (Å²) in [4.78, 5) is 18.9. The number of aromatic nitrogens is 2. The number of anilines is 1. The zero-order valence-corrected chi connectivity index (χ0v) is 15.6. The second kappa shape index (κ2) is 7.80. The maximum Gasteiger partial charge on any atom is 0.321 e. The van der Waals surface area contributed by atoms with E-state index in [1.165, 1.54) is 12.1 Å². The van der Waals surface area contributed by atoms with Crippen molar-refractivity contribution in [3.63, 3.8) is 0 Å². The third kappa shape index (κ3) is 4.03. The van der Waals surface area contributed by atoms with Gasteiger partial charge in [-0.25, -0.2) is 9.18 Å². The van der Waals surface area contributed by atoms with Gasteiger partial charge in [-0.3, -0.25) is 0 Å². The molecule has 1 atom stereocenters. The average molecular weight is 380 g/mol. The molecule has 1 N–H and O–H groups in total. The van der Waals surface area contributed by atoms with Crippen molar-refractivity contribution in [2.45, 2.75) is 25.7 Å². The molecule has 0 saturated carbocycles. The van der Waals surface area contributed by atoms with Crippen LogP contribution in [-0.4, -0.2) is 34.2 Å². The molecule has 0 aliphatic carbocycles. The molecule has 0 radical (unpaired) electrons. The predicted molar refractivity (Wildman–Crippen MR) is 103 cm³/mol. The van der Waals surface area contributed by atoms with Crippen LogP contribution in [0.5, 0.6) is 0 Å². The Balaban J connectivity index is 1.43. The highest BCUT2D eigenvalue weighted by Crippen LogP contribution is 2.28. The molecule has 2 heterocycles. The number of likely N-dealkylation sites (tertiary alicyclic amines) is 1. The van der Waals surface area contributed by atoms with Gasteiger partial charge >= 0.3 is 6.03 Å². The maximum absolute atomic E-state index is 13.1. The number of hydrogen-bond donors (Lipinski definition) is 1. The van der Waals surface area contributed by atoms with Gasteiger partial charge in [-0.1, -0.05) is 17.3 Å². The molecular weight excluding hydrogens is 359 g/mol. The third-order valence-corrected chi connectivity index (χ3v) is 4.87. The zero-order valence-electron chi connectivity index (χ0n) is 15.6. The van der Waals surface area contributed by atoms with Gasteiger partial charge in [0.1, 0.15) is 5.82 Å². The summed E-state index contributed by atoms with van der Waals surface area (Å²) < 4.78 is 18.5. The van der Waals surface area contributed by atoms with E-state index in [1.807, 2.05) is 31.2 Å². The smallest absolute Gasteiger partial charge is 0.321 e. The monoisotopic (exact) mass is 380 g/mol. The Morgan fingerprint density at radius 1 is 1.25 bits per heavy atom. The van der Waals surface area contributed by atoms with Gasteiger partial charge < -0.3 is 14.7 Å². The molecule has 3 aromatic rings. The van der Waals surface area contributed by atoms with Crippen LogP contribution in [0.15, 0.2) is 53.1 Å². The van der Waals surface area contributed by atoms with Gasteiger partial charge in [-0.15, -0.1) is 0 Å². The van der Waals surface area contributed by atoms with E-state index in [4.69, 9.17) is 4.52 Å². The molecule has 144 valence electrons. The van der Waals surface area contributed by atoms with Crippen LogP contribution < -0.4 is 5.32 Å². The lowest BCUT2D eigenvalue weighted by Crippen LogP contribution is -2.41. The number of nitrogens with zero attached hydrogens (tertiary/aromatic N) is 3. The Kier molecular flexibility index (Phi) is 5.06. The number of rotatable bonds is 3. The Morgan fingerprint density at radius 3 is 2.86 bits per heavy atom. The zero-order chi connectivity index (χ0) is 19.5. The minimum atomic E-state index is -0.310. The molecular formula is C21H21FN4O2. The molecule has 0 spiro atoms. The largest absolute Gasteiger partial charge is 0.339 e. The fourth-order valence-corrected chi connectivity index (χ4v) is 3.41. The van der Waals surface area contributed by atoms with Crippen LogP contribution in [0, 0.1) is 12.7 Å². The lowest BCUT2D eigenvalue weighted by molar-refractivity contribution is 0.184. The van der Waals surface area contributed by atoms with Crippen LogP contribution in [0.2, 0.25) is 0 Å². The number of urea groups is 1. The second-order valence-electron chi connectivity index (χ2n) is 7.05. The molecule has 1 aliphatic rings. The summed E-state index contributed by atoms with van der Waals surface area (Å²) >= 11 is 0. The van der Waals surface area contributed by atoms with Crippen LogP contribution in [-0.2, 0) is 0 Å².